The topological polar surface area (TPSA) is 70.2 Å². The van der Waals surface area contributed by atoms with Gasteiger partial charge < -0.3 is 15.0 Å². The Hall–Kier alpha value is -2.35. The number of ether oxygens (including phenoxy) is 1. The standard InChI is InChI=1S/C26H32N4O2S/c31-24(27-19-26(12-6-1-7-13-26)30-14-16-32-17-15-30)21-9-3-2-8-20(21)18-33-25-28-22-10-4-5-11-23(22)29-25/h2-5,8-11H,1,6-7,12-19H2,(H,27,31)(H,28,29). The van der Waals surface area contributed by atoms with Gasteiger partial charge in [-0.1, -0.05) is 61.4 Å². The molecule has 174 valence electrons. The normalized spacial score (nSPS) is 18.9. The fourth-order valence-corrected chi connectivity index (χ4v) is 6.09. The summed E-state index contributed by atoms with van der Waals surface area (Å²) in [7, 11) is 0. The highest BCUT2D eigenvalue weighted by atomic mass is 32.2. The number of rotatable bonds is 7. The summed E-state index contributed by atoms with van der Waals surface area (Å²) >= 11 is 1.63. The number of morpholine rings is 1. The van der Waals surface area contributed by atoms with E-state index in [0.29, 0.717) is 12.3 Å². The van der Waals surface area contributed by atoms with Gasteiger partial charge in [-0.3, -0.25) is 9.69 Å². The van der Waals surface area contributed by atoms with E-state index in [0.717, 1.165) is 66.5 Å². The number of imidazole rings is 1. The van der Waals surface area contributed by atoms with Crippen molar-refractivity contribution in [2.24, 2.45) is 0 Å². The molecule has 1 aromatic heterocycles. The van der Waals surface area contributed by atoms with Crippen molar-refractivity contribution in [2.45, 2.75) is 48.6 Å². The molecule has 33 heavy (non-hydrogen) atoms. The monoisotopic (exact) mass is 464 g/mol. The van der Waals surface area contributed by atoms with Crippen molar-refractivity contribution in [2.75, 3.05) is 32.8 Å². The second-order valence-corrected chi connectivity index (χ2v) is 10.0. The highest BCUT2D eigenvalue weighted by Gasteiger charge is 2.38. The van der Waals surface area contributed by atoms with Gasteiger partial charge in [-0.2, -0.15) is 0 Å². The summed E-state index contributed by atoms with van der Waals surface area (Å²) in [5, 5.41) is 4.19. The molecule has 0 radical (unpaired) electrons. The van der Waals surface area contributed by atoms with Crippen LogP contribution in [0.5, 0.6) is 0 Å². The molecule has 0 unspecified atom stereocenters. The average molecular weight is 465 g/mol. The number of benzene rings is 2. The molecule has 2 fully saturated rings. The van der Waals surface area contributed by atoms with Crippen LogP contribution in [0.3, 0.4) is 0 Å². The quantitative estimate of drug-likeness (QED) is 0.499. The number of carbonyl (C=O) groups is 1. The van der Waals surface area contributed by atoms with Crippen LogP contribution in [0.1, 0.15) is 48.0 Å². The SMILES string of the molecule is O=C(NCC1(N2CCOCC2)CCCCC1)c1ccccc1CSc1nc2ccccc2[nH]1. The van der Waals surface area contributed by atoms with E-state index in [9.17, 15) is 4.79 Å². The number of amides is 1. The largest absolute Gasteiger partial charge is 0.379 e. The maximum atomic E-state index is 13.3. The fraction of sp³-hybridized carbons (Fsp3) is 0.462. The zero-order chi connectivity index (χ0) is 22.5. The maximum absolute atomic E-state index is 13.3. The smallest absolute Gasteiger partial charge is 0.251 e. The van der Waals surface area contributed by atoms with Gasteiger partial charge in [0, 0.05) is 36.5 Å². The Kier molecular flexibility index (Phi) is 6.99. The van der Waals surface area contributed by atoms with Crippen LogP contribution in [0.4, 0.5) is 0 Å². The van der Waals surface area contributed by atoms with Gasteiger partial charge in [0.1, 0.15) is 0 Å². The van der Waals surface area contributed by atoms with Gasteiger partial charge in [-0.25, -0.2) is 4.98 Å². The molecule has 1 aliphatic heterocycles. The number of H-pyrrole nitrogens is 1. The zero-order valence-corrected chi connectivity index (χ0v) is 19.8. The summed E-state index contributed by atoms with van der Waals surface area (Å²) in [6.45, 7) is 4.20. The third-order valence-electron chi connectivity index (χ3n) is 7.04. The maximum Gasteiger partial charge on any atom is 0.251 e. The molecule has 0 bridgehead atoms. The number of thioether (sulfide) groups is 1. The minimum atomic E-state index is 0.0222. The van der Waals surface area contributed by atoms with Gasteiger partial charge in [0.2, 0.25) is 0 Å². The lowest BCUT2D eigenvalue weighted by atomic mass is 9.79. The Morgan fingerprint density at radius 1 is 1.06 bits per heavy atom. The summed E-state index contributed by atoms with van der Waals surface area (Å²) in [5.41, 5.74) is 3.85. The van der Waals surface area contributed by atoms with E-state index in [2.05, 4.69) is 20.2 Å². The number of nitrogens with zero attached hydrogens (tertiary/aromatic N) is 2. The lowest BCUT2D eigenvalue weighted by Crippen LogP contribution is -2.59. The lowest BCUT2D eigenvalue weighted by Gasteiger charge is -2.48. The van der Waals surface area contributed by atoms with Crippen molar-refractivity contribution in [3.05, 3.63) is 59.7 Å². The minimum Gasteiger partial charge on any atom is -0.379 e. The van der Waals surface area contributed by atoms with Gasteiger partial charge in [-0.15, -0.1) is 0 Å². The van der Waals surface area contributed by atoms with Gasteiger partial charge in [-0.05, 0) is 36.6 Å². The number of para-hydroxylation sites is 2. The first kappa shape index (κ1) is 22.4. The van der Waals surface area contributed by atoms with Gasteiger partial charge in [0.15, 0.2) is 5.16 Å². The van der Waals surface area contributed by atoms with E-state index >= 15 is 0 Å². The summed E-state index contributed by atoms with van der Waals surface area (Å²) in [6.07, 6.45) is 6.06. The predicted octanol–water partition coefficient (Wildman–Crippen LogP) is 4.62. The predicted molar refractivity (Wildman–Crippen MR) is 133 cm³/mol. The first-order chi connectivity index (χ1) is 16.2. The number of aromatic nitrogens is 2. The first-order valence-electron chi connectivity index (χ1n) is 12.0. The minimum absolute atomic E-state index is 0.0222. The molecule has 1 amide bonds. The third-order valence-corrected chi connectivity index (χ3v) is 7.96. The highest BCUT2D eigenvalue weighted by Crippen LogP contribution is 2.34. The number of fused-ring (bicyclic) bond motifs is 1. The van der Waals surface area contributed by atoms with Crippen LogP contribution in [0.25, 0.3) is 11.0 Å². The zero-order valence-electron chi connectivity index (χ0n) is 19.0. The van der Waals surface area contributed by atoms with Crippen molar-refractivity contribution >= 4 is 28.7 Å². The Bertz CT molecular complexity index is 1050. The van der Waals surface area contributed by atoms with Crippen LogP contribution >= 0.6 is 11.8 Å². The summed E-state index contributed by atoms with van der Waals surface area (Å²) < 4.78 is 5.59. The van der Waals surface area contributed by atoms with Gasteiger partial charge >= 0.3 is 0 Å². The number of aromatic amines is 1. The number of nitrogens with one attached hydrogen (secondary N) is 2. The number of hydrogen-bond acceptors (Lipinski definition) is 5. The van der Waals surface area contributed by atoms with Gasteiger partial charge in [0.05, 0.1) is 24.2 Å². The third kappa shape index (κ3) is 5.10. The molecule has 1 saturated carbocycles. The second kappa shape index (κ2) is 10.3. The molecule has 3 aromatic rings. The Labute approximate surface area is 199 Å². The molecule has 2 N–H and O–H groups in total. The molecule has 2 aliphatic rings. The van der Waals surface area contributed by atoms with E-state index in [1.54, 1.807) is 11.8 Å². The average Bonchev–Trinajstić information content (AvgIpc) is 3.30. The lowest BCUT2D eigenvalue weighted by molar-refractivity contribution is -0.0361. The molecule has 6 nitrogen and oxygen atoms in total. The molecule has 7 heteroatoms. The van der Waals surface area contributed by atoms with Crippen LogP contribution in [0, 0.1) is 0 Å². The highest BCUT2D eigenvalue weighted by molar-refractivity contribution is 7.98. The second-order valence-electron chi connectivity index (χ2n) is 9.07. The number of carbonyl (C=O) groups excluding carboxylic acids is 1. The van der Waals surface area contributed by atoms with E-state index in [1.807, 2.05) is 48.5 Å². The molecule has 0 spiro atoms. The first-order valence-corrected chi connectivity index (χ1v) is 13.0. The molecule has 1 saturated heterocycles. The number of hydrogen-bond donors (Lipinski definition) is 2. The summed E-state index contributed by atoms with van der Waals surface area (Å²) in [5.74, 6) is 0.715. The van der Waals surface area contributed by atoms with E-state index in [-0.39, 0.29) is 11.4 Å². The van der Waals surface area contributed by atoms with Crippen LogP contribution in [-0.2, 0) is 10.5 Å². The molecule has 5 rings (SSSR count). The van der Waals surface area contributed by atoms with E-state index in [4.69, 9.17) is 4.74 Å². The van der Waals surface area contributed by atoms with Crippen molar-refractivity contribution in [3.8, 4) is 0 Å². The van der Waals surface area contributed by atoms with Crippen molar-refractivity contribution in [1.29, 1.82) is 0 Å². The van der Waals surface area contributed by atoms with E-state index in [1.165, 1.54) is 19.3 Å². The molecule has 2 aromatic carbocycles. The molecule has 2 heterocycles. The van der Waals surface area contributed by atoms with Crippen molar-refractivity contribution in [3.63, 3.8) is 0 Å². The molecule has 1 aliphatic carbocycles. The molecular weight excluding hydrogens is 432 g/mol. The fourth-order valence-electron chi connectivity index (χ4n) is 5.20. The summed E-state index contributed by atoms with van der Waals surface area (Å²) in [6, 6.07) is 16.0. The van der Waals surface area contributed by atoms with Crippen molar-refractivity contribution in [1.82, 2.24) is 20.2 Å². The molecule has 0 atom stereocenters. The van der Waals surface area contributed by atoms with Crippen LogP contribution in [-0.4, -0.2) is 59.2 Å². The Morgan fingerprint density at radius 2 is 1.82 bits per heavy atom. The van der Waals surface area contributed by atoms with Crippen LogP contribution < -0.4 is 5.32 Å². The Balaban J connectivity index is 1.26. The van der Waals surface area contributed by atoms with E-state index < -0.39 is 0 Å². The van der Waals surface area contributed by atoms with Crippen LogP contribution in [0.2, 0.25) is 0 Å². The van der Waals surface area contributed by atoms with Crippen LogP contribution in [0.15, 0.2) is 53.7 Å². The molecular formula is C26H32N4O2S. The Morgan fingerprint density at radius 3 is 2.64 bits per heavy atom. The van der Waals surface area contributed by atoms with Crippen molar-refractivity contribution < 1.29 is 9.53 Å². The van der Waals surface area contributed by atoms with Gasteiger partial charge in [0.25, 0.3) is 5.91 Å². The summed E-state index contributed by atoms with van der Waals surface area (Å²) in [4.78, 5) is 23.9.